The van der Waals surface area contributed by atoms with Crippen LogP contribution in [-0.4, -0.2) is 55.9 Å². The van der Waals surface area contributed by atoms with Crippen LogP contribution in [0.3, 0.4) is 0 Å². The fourth-order valence-electron chi connectivity index (χ4n) is 2.29. The Balaban J connectivity index is 2.05. The fourth-order valence-corrected chi connectivity index (χ4v) is 2.53. The van der Waals surface area contributed by atoms with Gasteiger partial charge in [-0.05, 0) is 18.9 Å². The minimum atomic E-state index is -0.167. The second-order valence-electron chi connectivity index (χ2n) is 5.16. The summed E-state index contributed by atoms with van der Waals surface area (Å²) in [5.74, 6) is 0.797. The summed E-state index contributed by atoms with van der Waals surface area (Å²) in [7, 11) is 3.03. The lowest BCUT2D eigenvalue weighted by molar-refractivity contribution is -0.117. The summed E-state index contributed by atoms with van der Waals surface area (Å²) in [5, 5.41) is 12.3. The Morgan fingerprint density at radius 1 is 1.36 bits per heavy atom. The van der Waals surface area contributed by atoms with Crippen molar-refractivity contribution in [3.05, 3.63) is 17.2 Å². The van der Waals surface area contributed by atoms with Crippen molar-refractivity contribution in [1.29, 1.82) is 0 Å². The number of halogens is 1. The van der Waals surface area contributed by atoms with Gasteiger partial charge < -0.3 is 19.9 Å². The zero-order valence-corrected chi connectivity index (χ0v) is 13.5. The lowest BCUT2D eigenvalue weighted by Gasteiger charge is -2.20. The molecule has 0 unspecified atom stereocenters. The highest BCUT2D eigenvalue weighted by Crippen LogP contribution is 2.36. The van der Waals surface area contributed by atoms with Crippen molar-refractivity contribution in [2.75, 3.05) is 39.2 Å². The third-order valence-corrected chi connectivity index (χ3v) is 3.84. The Morgan fingerprint density at radius 3 is 2.59 bits per heavy atom. The molecule has 2 N–H and O–H groups in total. The number of rotatable bonds is 8. The first-order valence-electron chi connectivity index (χ1n) is 7.15. The third kappa shape index (κ3) is 4.25. The number of amides is 1. The van der Waals surface area contributed by atoms with Crippen LogP contribution in [0.15, 0.2) is 12.1 Å². The maximum Gasteiger partial charge on any atom is 0.238 e. The number of aliphatic hydroxyl groups excluding tert-OH is 1. The number of anilines is 1. The smallest absolute Gasteiger partial charge is 0.238 e. The van der Waals surface area contributed by atoms with Crippen LogP contribution in [0.25, 0.3) is 0 Å². The van der Waals surface area contributed by atoms with Gasteiger partial charge in [0.25, 0.3) is 0 Å². The van der Waals surface area contributed by atoms with Crippen molar-refractivity contribution in [2.24, 2.45) is 0 Å². The zero-order chi connectivity index (χ0) is 16.1. The number of carbonyl (C=O) groups is 1. The molecule has 0 radical (unpaired) electrons. The summed E-state index contributed by atoms with van der Waals surface area (Å²) >= 11 is 6.08. The lowest BCUT2D eigenvalue weighted by Crippen LogP contribution is -2.36. The van der Waals surface area contributed by atoms with Gasteiger partial charge in [0.05, 0.1) is 38.1 Å². The van der Waals surface area contributed by atoms with Crippen molar-refractivity contribution >= 4 is 23.2 Å². The molecule has 0 bridgehead atoms. The topological polar surface area (TPSA) is 71.0 Å². The molecule has 0 spiro atoms. The molecular formula is C15H21ClN2O4. The number of hydrogen-bond acceptors (Lipinski definition) is 5. The maximum atomic E-state index is 12.2. The molecule has 122 valence electrons. The molecule has 0 heterocycles. The number of aliphatic hydroxyl groups is 1. The molecule has 22 heavy (non-hydrogen) atoms. The van der Waals surface area contributed by atoms with Gasteiger partial charge in [-0.3, -0.25) is 9.69 Å². The number of hydrogen-bond donors (Lipinski definition) is 2. The first-order chi connectivity index (χ1) is 10.6. The number of carbonyl (C=O) groups excluding carboxylic acids is 1. The van der Waals surface area contributed by atoms with Gasteiger partial charge in [-0.2, -0.15) is 0 Å². The molecule has 1 aromatic rings. The number of ether oxygens (including phenoxy) is 2. The second kappa shape index (κ2) is 7.67. The highest BCUT2D eigenvalue weighted by atomic mass is 35.5. The van der Waals surface area contributed by atoms with Gasteiger partial charge in [-0.15, -0.1) is 0 Å². The summed E-state index contributed by atoms with van der Waals surface area (Å²) in [6.07, 6.45) is 2.15. The van der Waals surface area contributed by atoms with E-state index in [0.717, 1.165) is 12.8 Å². The molecule has 1 saturated carbocycles. The summed E-state index contributed by atoms with van der Waals surface area (Å²) in [5.41, 5.74) is 0.498. The number of nitrogens with zero attached hydrogens (tertiary/aromatic N) is 1. The predicted octanol–water partition coefficient (Wildman–Crippen LogP) is 1.75. The number of methoxy groups -OCH3 is 2. The van der Waals surface area contributed by atoms with Crippen LogP contribution in [0.1, 0.15) is 12.8 Å². The van der Waals surface area contributed by atoms with Crippen molar-refractivity contribution in [3.8, 4) is 11.5 Å². The molecule has 2 rings (SSSR count). The molecule has 0 atom stereocenters. The zero-order valence-electron chi connectivity index (χ0n) is 12.8. The van der Waals surface area contributed by atoms with Gasteiger partial charge in [0, 0.05) is 18.7 Å². The highest BCUT2D eigenvalue weighted by Gasteiger charge is 2.29. The van der Waals surface area contributed by atoms with E-state index in [9.17, 15) is 4.79 Å². The van der Waals surface area contributed by atoms with Crippen LogP contribution >= 0.6 is 11.6 Å². The number of benzene rings is 1. The quantitative estimate of drug-likeness (QED) is 0.761. The van der Waals surface area contributed by atoms with E-state index in [2.05, 4.69) is 5.32 Å². The Kier molecular flexibility index (Phi) is 5.88. The van der Waals surface area contributed by atoms with Gasteiger partial charge in [-0.1, -0.05) is 11.6 Å². The standard InChI is InChI=1S/C15H21ClN2O4/c1-21-13-8-14(22-2)12(7-11(13)16)17-15(20)9-18(5-6-19)10-3-4-10/h7-8,10,19H,3-6,9H2,1-2H3,(H,17,20). The van der Waals surface area contributed by atoms with Crippen LogP contribution < -0.4 is 14.8 Å². The first kappa shape index (κ1) is 16.9. The third-order valence-electron chi connectivity index (χ3n) is 3.55. The van der Waals surface area contributed by atoms with E-state index in [-0.39, 0.29) is 19.1 Å². The molecule has 1 aliphatic carbocycles. The SMILES string of the molecule is COc1cc(OC)c(NC(=O)CN(CCO)C2CC2)cc1Cl. The molecule has 1 aromatic carbocycles. The summed E-state index contributed by atoms with van der Waals surface area (Å²) in [4.78, 5) is 14.2. The van der Waals surface area contributed by atoms with Crippen LogP contribution in [-0.2, 0) is 4.79 Å². The van der Waals surface area contributed by atoms with E-state index >= 15 is 0 Å². The lowest BCUT2D eigenvalue weighted by atomic mass is 10.2. The van der Waals surface area contributed by atoms with Gasteiger partial charge in [0.2, 0.25) is 5.91 Å². The van der Waals surface area contributed by atoms with E-state index in [0.29, 0.717) is 34.8 Å². The molecule has 0 aliphatic heterocycles. The first-order valence-corrected chi connectivity index (χ1v) is 7.53. The van der Waals surface area contributed by atoms with Crippen molar-refractivity contribution < 1.29 is 19.4 Å². The average Bonchev–Trinajstić information content (AvgIpc) is 3.31. The Labute approximate surface area is 135 Å². The maximum absolute atomic E-state index is 12.2. The van der Waals surface area contributed by atoms with Crippen LogP contribution in [0.2, 0.25) is 5.02 Å². The number of nitrogens with one attached hydrogen (secondary N) is 1. The van der Waals surface area contributed by atoms with E-state index < -0.39 is 0 Å². The second-order valence-corrected chi connectivity index (χ2v) is 5.57. The molecule has 0 saturated heterocycles. The van der Waals surface area contributed by atoms with Gasteiger partial charge in [0.1, 0.15) is 11.5 Å². The van der Waals surface area contributed by atoms with Crippen LogP contribution in [0.4, 0.5) is 5.69 Å². The molecule has 1 aliphatic rings. The Bertz CT molecular complexity index is 535. The normalized spacial score (nSPS) is 14.0. The Morgan fingerprint density at radius 2 is 2.05 bits per heavy atom. The van der Waals surface area contributed by atoms with Crippen molar-refractivity contribution in [3.63, 3.8) is 0 Å². The van der Waals surface area contributed by atoms with Gasteiger partial charge in [0.15, 0.2) is 0 Å². The van der Waals surface area contributed by atoms with Gasteiger partial charge in [-0.25, -0.2) is 0 Å². The molecular weight excluding hydrogens is 308 g/mol. The minimum Gasteiger partial charge on any atom is -0.495 e. The van der Waals surface area contributed by atoms with Gasteiger partial charge >= 0.3 is 0 Å². The molecule has 0 aromatic heterocycles. The minimum absolute atomic E-state index is 0.0431. The van der Waals surface area contributed by atoms with E-state index in [1.807, 2.05) is 4.90 Å². The monoisotopic (exact) mass is 328 g/mol. The molecule has 1 amide bonds. The van der Waals surface area contributed by atoms with Crippen molar-refractivity contribution in [2.45, 2.75) is 18.9 Å². The van der Waals surface area contributed by atoms with E-state index in [1.165, 1.54) is 14.2 Å². The van der Waals surface area contributed by atoms with E-state index in [1.54, 1.807) is 12.1 Å². The summed E-state index contributed by atoms with van der Waals surface area (Å²) < 4.78 is 10.4. The van der Waals surface area contributed by atoms with Crippen LogP contribution in [0, 0.1) is 0 Å². The van der Waals surface area contributed by atoms with E-state index in [4.69, 9.17) is 26.2 Å². The summed E-state index contributed by atoms with van der Waals surface area (Å²) in [6.45, 7) is 0.776. The average molecular weight is 329 g/mol. The molecule has 1 fully saturated rings. The molecule has 7 heteroatoms. The molecule has 6 nitrogen and oxygen atoms in total. The largest absolute Gasteiger partial charge is 0.495 e. The Hall–Kier alpha value is -1.50. The predicted molar refractivity (Wildman–Crippen MR) is 84.9 cm³/mol. The summed E-state index contributed by atoms with van der Waals surface area (Å²) in [6, 6.07) is 3.63. The fraction of sp³-hybridized carbons (Fsp3) is 0.533. The highest BCUT2D eigenvalue weighted by molar-refractivity contribution is 6.32. The van der Waals surface area contributed by atoms with Crippen molar-refractivity contribution in [1.82, 2.24) is 4.90 Å². The van der Waals surface area contributed by atoms with Crippen LogP contribution in [0.5, 0.6) is 11.5 Å².